The summed E-state index contributed by atoms with van der Waals surface area (Å²) >= 11 is 0. The van der Waals surface area contributed by atoms with Crippen molar-refractivity contribution in [1.82, 2.24) is 4.98 Å². The van der Waals surface area contributed by atoms with Crippen molar-refractivity contribution in [3.8, 4) is 0 Å². The molecule has 0 aliphatic carbocycles. The molecule has 88 valence electrons. The summed E-state index contributed by atoms with van der Waals surface area (Å²) in [6.07, 6.45) is 0.916. The van der Waals surface area contributed by atoms with Gasteiger partial charge in [-0.15, -0.1) is 0 Å². The Kier molecular flexibility index (Phi) is 3.44. The molecule has 0 fully saturated rings. The Balaban J connectivity index is 2.91. The van der Waals surface area contributed by atoms with Crippen molar-refractivity contribution < 1.29 is 19.4 Å². The van der Waals surface area contributed by atoms with E-state index < -0.39 is 17.4 Å². The summed E-state index contributed by atoms with van der Waals surface area (Å²) in [6, 6.07) is 0.877. The fourth-order valence-electron chi connectivity index (χ4n) is 1.04. The number of aromatic carboxylic acids is 1. The zero-order valence-corrected chi connectivity index (χ0v) is 8.99. The van der Waals surface area contributed by atoms with Crippen molar-refractivity contribution in [2.24, 2.45) is 0 Å². The molecule has 3 N–H and O–H groups in total. The molecule has 0 amide bonds. The topological polar surface area (TPSA) is 82.5 Å². The van der Waals surface area contributed by atoms with E-state index in [1.165, 1.54) is 0 Å². The molecule has 16 heavy (non-hydrogen) atoms. The maximum Gasteiger partial charge on any atom is 0.339 e. The van der Waals surface area contributed by atoms with Crippen molar-refractivity contribution in [2.45, 2.75) is 19.4 Å². The predicted octanol–water partition coefficient (Wildman–Crippen LogP) is 1.10. The van der Waals surface area contributed by atoms with Crippen LogP contribution in [0.1, 0.15) is 24.2 Å². The molecule has 0 saturated carbocycles. The molecular weight excluding hydrogens is 215 g/mol. The monoisotopic (exact) mass is 228 g/mol. The minimum absolute atomic E-state index is 0.0380. The lowest BCUT2D eigenvalue weighted by Gasteiger charge is -2.18. The highest BCUT2D eigenvalue weighted by Gasteiger charge is 2.16. The van der Waals surface area contributed by atoms with Crippen LogP contribution in [0, 0.1) is 5.82 Å². The number of nitrogens with zero attached hydrogens (tertiary/aromatic N) is 1. The van der Waals surface area contributed by atoms with Crippen LogP contribution < -0.4 is 5.32 Å². The van der Waals surface area contributed by atoms with Gasteiger partial charge in [-0.25, -0.2) is 14.2 Å². The highest BCUT2D eigenvalue weighted by atomic mass is 19.1. The van der Waals surface area contributed by atoms with E-state index in [-0.39, 0.29) is 17.9 Å². The van der Waals surface area contributed by atoms with Crippen LogP contribution in [0.15, 0.2) is 12.3 Å². The van der Waals surface area contributed by atoms with Gasteiger partial charge < -0.3 is 15.5 Å². The van der Waals surface area contributed by atoms with Gasteiger partial charge in [0.1, 0.15) is 17.2 Å². The quantitative estimate of drug-likeness (QED) is 0.718. The second kappa shape index (κ2) is 4.44. The average molecular weight is 228 g/mol. The average Bonchev–Trinajstić information content (AvgIpc) is 2.14. The minimum atomic E-state index is -1.27. The molecule has 1 rings (SSSR count). The Bertz CT molecular complexity index is 402. The maximum absolute atomic E-state index is 12.8. The number of halogens is 1. The molecule has 0 saturated heterocycles. The fraction of sp³-hybridized carbons (Fsp3) is 0.400. The number of aliphatic hydroxyl groups is 1. The first-order chi connectivity index (χ1) is 7.29. The lowest BCUT2D eigenvalue weighted by atomic mass is 10.1. The van der Waals surface area contributed by atoms with E-state index in [4.69, 9.17) is 5.11 Å². The lowest BCUT2D eigenvalue weighted by molar-refractivity contribution is 0.0695. The summed E-state index contributed by atoms with van der Waals surface area (Å²) in [7, 11) is 0. The summed E-state index contributed by atoms with van der Waals surface area (Å²) in [4.78, 5) is 14.4. The van der Waals surface area contributed by atoms with Gasteiger partial charge in [-0.05, 0) is 19.9 Å². The van der Waals surface area contributed by atoms with E-state index in [1.807, 2.05) is 0 Å². The number of aromatic nitrogens is 1. The number of rotatable bonds is 4. The summed E-state index contributed by atoms with van der Waals surface area (Å²) in [5.41, 5.74) is -1.27. The number of pyridine rings is 1. The van der Waals surface area contributed by atoms with Gasteiger partial charge in [0.05, 0.1) is 11.8 Å². The van der Waals surface area contributed by atoms with Crippen molar-refractivity contribution in [3.05, 3.63) is 23.6 Å². The second-order valence-corrected chi connectivity index (χ2v) is 4.02. The molecule has 1 heterocycles. The van der Waals surface area contributed by atoms with Gasteiger partial charge in [-0.1, -0.05) is 0 Å². The lowest BCUT2D eigenvalue weighted by Crippen LogP contribution is -2.30. The largest absolute Gasteiger partial charge is 0.478 e. The Morgan fingerprint density at radius 3 is 2.75 bits per heavy atom. The zero-order valence-electron chi connectivity index (χ0n) is 8.99. The number of nitrogens with one attached hydrogen (secondary N) is 1. The molecule has 5 nitrogen and oxygen atoms in total. The molecule has 0 radical (unpaired) electrons. The van der Waals surface area contributed by atoms with Crippen LogP contribution in [0.3, 0.4) is 0 Å². The molecule has 1 aromatic heterocycles. The molecule has 0 aliphatic heterocycles. The van der Waals surface area contributed by atoms with Gasteiger partial charge in [0.2, 0.25) is 0 Å². The van der Waals surface area contributed by atoms with Gasteiger partial charge in [-0.3, -0.25) is 0 Å². The normalized spacial score (nSPS) is 11.2. The van der Waals surface area contributed by atoms with E-state index in [9.17, 15) is 14.3 Å². The van der Waals surface area contributed by atoms with E-state index in [2.05, 4.69) is 10.3 Å². The molecule has 0 aromatic carbocycles. The van der Waals surface area contributed by atoms with E-state index in [0.29, 0.717) is 0 Å². The Labute approximate surface area is 91.9 Å². The van der Waals surface area contributed by atoms with Gasteiger partial charge >= 0.3 is 5.97 Å². The molecule has 1 aromatic rings. The van der Waals surface area contributed by atoms with E-state index in [1.54, 1.807) is 13.8 Å². The Morgan fingerprint density at radius 2 is 2.25 bits per heavy atom. The van der Waals surface area contributed by atoms with Gasteiger partial charge in [0.15, 0.2) is 0 Å². The minimum Gasteiger partial charge on any atom is -0.478 e. The summed E-state index contributed by atoms with van der Waals surface area (Å²) < 4.78 is 12.8. The van der Waals surface area contributed by atoms with Gasteiger partial charge in [-0.2, -0.15) is 0 Å². The van der Waals surface area contributed by atoms with Crippen LogP contribution in [0.4, 0.5) is 10.2 Å². The first-order valence-electron chi connectivity index (χ1n) is 4.65. The number of carboxylic acid groups (broad SMARTS) is 1. The molecule has 0 bridgehead atoms. The van der Waals surface area contributed by atoms with Gasteiger partial charge in [0.25, 0.3) is 0 Å². The SMILES string of the molecule is CC(C)(O)CNc1ncc(F)cc1C(=O)O. The van der Waals surface area contributed by atoms with E-state index >= 15 is 0 Å². The number of carboxylic acids is 1. The van der Waals surface area contributed by atoms with Crippen LogP contribution in [0.25, 0.3) is 0 Å². The predicted molar refractivity (Wildman–Crippen MR) is 55.9 cm³/mol. The molecule has 0 aliphatic rings. The Hall–Kier alpha value is -1.69. The highest BCUT2D eigenvalue weighted by molar-refractivity contribution is 5.93. The summed E-state index contributed by atoms with van der Waals surface area (Å²) in [5.74, 6) is -1.95. The highest BCUT2D eigenvalue weighted by Crippen LogP contribution is 2.14. The molecular formula is C10H13FN2O3. The second-order valence-electron chi connectivity index (χ2n) is 4.02. The van der Waals surface area contributed by atoms with Crippen LogP contribution in [0.2, 0.25) is 0 Å². The fourth-order valence-corrected chi connectivity index (χ4v) is 1.04. The van der Waals surface area contributed by atoms with Crippen molar-refractivity contribution in [3.63, 3.8) is 0 Å². The summed E-state index contributed by atoms with van der Waals surface area (Å²) in [6.45, 7) is 3.24. The van der Waals surface area contributed by atoms with Crippen LogP contribution in [-0.2, 0) is 0 Å². The van der Waals surface area contributed by atoms with Crippen molar-refractivity contribution in [2.75, 3.05) is 11.9 Å². The van der Waals surface area contributed by atoms with Gasteiger partial charge in [0, 0.05) is 6.54 Å². The smallest absolute Gasteiger partial charge is 0.339 e. The van der Waals surface area contributed by atoms with Crippen molar-refractivity contribution in [1.29, 1.82) is 0 Å². The van der Waals surface area contributed by atoms with Crippen LogP contribution >= 0.6 is 0 Å². The summed E-state index contributed by atoms with van der Waals surface area (Å²) in [5, 5.41) is 20.9. The van der Waals surface area contributed by atoms with Crippen molar-refractivity contribution >= 4 is 11.8 Å². The third kappa shape index (κ3) is 3.47. The number of hydrogen-bond acceptors (Lipinski definition) is 4. The standard InChI is InChI=1S/C10H13FN2O3/c1-10(2,16)5-13-8-7(9(14)15)3-6(11)4-12-8/h3-4,16H,5H2,1-2H3,(H,12,13)(H,14,15). The number of carbonyl (C=O) groups is 1. The third-order valence-corrected chi connectivity index (χ3v) is 1.77. The number of anilines is 1. The molecule has 0 atom stereocenters. The zero-order chi connectivity index (χ0) is 12.3. The van der Waals surface area contributed by atoms with Crippen LogP contribution in [-0.4, -0.2) is 33.3 Å². The first-order valence-corrected chi connectivity index (χ1v) is 4.65. The van der Waals surface area contributed by atoms with Crippen LogP contribution in [0.5, 0.6) is 0 Å². The number of hydrogen-bond donors (Lipinski definition) is 3. The van der Waals surface area contributed by atoms with E-state index in [0.717, 1.165) is 12.3 Å². The molecule has 6 heteroatoms. The maximum atomic E-state index is 12.8. The molecule has 0 spiro atoms. The molecule has 0 unspecified atom stereocenters. The Morgan fingerprint density at radius 1 is 1.62 bits per heavy atom. The first kappa shape index (κ1) is 12.4. The third-order valence-electron chi connectivity index (χ3n) is 1.77.